The van der Waals surface area contributed by atoms with Crippen molar-refractivity contribution < 1.29 is 14.7 Å². The fourth-order valence-electron chi connectivity index (χ4n) is 2.19. The molecule has 0 aromatic carbocycles. The van der Waals surface area contributed by atoms with Crippen LogP contribution >= 0.6 is 0 Å². The molecule has 1 aromatic heterocycles. The van der Waals surface area contributed by atoms with Crippen LogP contribution in [-0.4, -0.2) is 26.8 Å². The molecular weight excluding hydrogens is 258 g/mol. The molecule has 1 aromatic rings. The van der Waals surface area contributed by atoms with E-state index >= 15 is 0 Å². The molecule has 6 nitrogen and oxygen atoms in total. The van der Waals surface area contributed by atoms with E-state index in [4.69, 9.17) is 5.11 Å². The molecule has 2 N–H and O–H groups in total. The van der Waals surface area contributed by atoms with E-state index in [2.05, 4.69) is 10.4 Å². The zero-order valence-corrected chi connectivity index (χ0v) is 12.6. The van der Waals surface area contributed by atoms with E-state index in [9.17, 15) is 9.59 Å². The summed E-state index contributed by atoms with van der Waals surface area (Å²) in [4.78, 5) is 22.6. The van der Waals surface area contributed by atoms with Crippen LogP contribution in [0.3, 0.4) is 0 Å². The number of rotatable bonds is 7. The first-order valence-electron chi connectivity index (χ1n) is 6.73. The van der Waals surface area contributed by atoms with E-state index in [0.29, 0.717) is 6.54 Å². The number of aliphatic carboxylic acids is 1. The molecule has 0 aliphatic heterocycles. The number of hydrogen-bond acceptors (Lipinski definition) is 3. The van der Waals surface area contributed by atoms with Crippen LogP contribution in [0.25, 0.3) is 0 Å². The Balaban J connectivity index is 2.53. The van der Waals surface area contributed by atoms with Gasteiger partial charge in [-0.2, -0.15) is 5.10 Å². The van der Waals surface area contributed by atoms with Gasteiger partial charge in [0.05, 0.1) is 12.1 Å². The number of nitrogens with one attached hydrogen (secondary N) is 1. The molecule has 0 saturated heterocycles. The van der Waals surface area contributed by atoms with Crippen LogP contribution in [0.4, 0.5) is 0 Å². The number of carboxylic acid groups (broad SMARTS) is 1. The highest BCUT2D eigenvalue weighted by molar-refractivity contribution is 5.77. The monoisotopic (exact) mass is 281 g/mol. The van der Waals surface area contributed by atoms with Crippen LogP contribution in [0.5, 0.6) is 0 Å². The van der Waals surface area contributed by atoms with Gasteiger partial charge in [-0.15, -0.1) is 0 Å². The van der Waals surface area contributed by atoms with Crippen LogP contribution in [0.1, 0.15) is 44.9 Å². The summed E-state index contributed by atoms with van der Waals surface area (Å²) in [6.07, 6.45) is 2.88. The molecule has 112 valence electrons. The second-order valence-corrected chi connectivity index (χ2v) is 5.82. The van der Waals surface area contributed by atoms with Gasteiger partial charge in [0.1, 0.15) is 0 Å². The Kier molecular flexibility index (Phi) is 5.30. The van der Waals surface area contributed by atoms with E-state index in [0.717, 1.165) is 17.7 Å². The predicted molar refractivity (Wildman–Crippen MR) is 75.1 cm³/mol. The molecule has 6 heteroatoms. The van der Waals surface area contributed by atoms with Gasteiger partial charge in [-0.05, 0) is 11.8 Å². The van der Waals surface area contributed by atoms with Crippen LogP contribution in [0.2, 0.25) is 0 Å². The summed E-state index contributed by atoms with van der Waals surface area (Å²) >= 11 is 0. The van der Waals surface area contributed by atoms with E-state index in [1.807, 2.05) is 20.2 Å². The van der Waals surface area contributed by atoms with Crippen molar-refractivity contribution in [2.45, 2.75) is 46.6 Å². The van der Waals surface area contributed by atoms with E-state index < -0.39 is 11.4 Å². The van der Waals surface area contributed by atoms with Crippen LogP contribution in [-0.2, 0) is 29.6 Å². The van der Waals surface area contributed by atoms with Crippen molar-refractivity contribution in [2.24, 2.45) is 12.5 Å². The molecule has 1 amide bonds. The lowest BCUT2D eigenvalue weighted by Gasteiger charge is -2.21. The zero-order valence-electron chi connectivity index (χ0n) is 12.6. The van der Waals surface area contributed by atoms with E-state index in [1.54, 1.807) is 18.5 Å². The van der Waals surface area contributed by atoms with Crippen LogP contribution < -0.4 is 5.32 Å². The molecule has 0 saturated carbocycles. The number of hydrogen-bond donors (Lipinski definition) is 2. The standard InChI is InChI=1S/C14H23N3O3/c1-5-11-10(9-17(4)16-11)8-15-12(18)6-14(2,3)7-13(19)20/h9H,5-8H2,1-4H3,(H,15,18)(H,19,20). The van der Waals surface area contributed by atoms with E-state index in [-0.39, 0.29) is 18.7 Å². The van der Waals surface area contributed by atoms with Gasteiger partial charge in [-0.3, -0.25) is 14.3 Å². The third-order valence-corrected chi connectivity index (χ3v) is 3.07. The number of carbonyl (C=O) groups excluding carboxylic acids is 1. The Morgan fingerprint density at radius 1 is 1.40 bits per heavy atom. The Morgan fingerprint density at radius 2 is 2.05 bits per heavy atom. The molecule has 0 aliphatic rings. The lowest BCUT2D eigenvalue weighted by molar-refractivity contribution is -0.139. The third kappa shape index (κ3) is 5.03. The molecule has 0 bridgehead atoms. The summed E-state index contributed by atoms with van der Waals surface area (Å²) < 4.78 is 1.73. The van der Waals surface area contributed by atoms with Gasteiger partial charge in [-0.1, -0.05) is 20.8 Å². The minimum absolute atomic E-state index is 0.0203. The van der Waals surface area contributed by atoms with Crippen molar-refractivity contribution in [2.75, 3.05) is 0 Å². The second kappa shape index (κ2) is 6.54. The number of nitrogens with zero attached hydrogens (tertiary/aromatic N) is 2. The average Bonchev–Trinajstić information content (AvgIpc) is 2.64. The predicted octanol–water partition coefficient (Wildman–Crippen LogP) is 1.49. The lowest BCUT2D eigenvalue weighted by atomic mass is 9.85. The lowest BCUT2D eigenvalue weighted by Crippen LogP contribution is -2.30. The Labute approximate surface area is 119 Å². The van der Waals surface area contributed by atoms with E-state index in [1.165, 1.54) is 0 Å². The largest absolute Gasteiger partial charge is 0.481 e. The Bertz CT molecular complexity index is 492. The Hall–Kier alpha value is -1.85. The molecule has 1 rings (SSSR count). The maximum absolute atomic E-state index is 11.9. The van der Waals surface area contributed by atoms with Crippen molar-refractivity contribution in [3.05, 3.63) is 17.5 Å². The van der Waals surface area contributed by atoms with Crippen molar-refractivity contribution in [3.8, 4) is 0 Å². The smallest absolute Gasteiger partial charge is 0.303 e. The fourth-order valence-corrected chi connectivity index (χ4v) is 2.19. The number of amides is 1. The number of carboxylic acids is 1. The Morgan fingerprint density at radius 3 is 2.60 bits per heavy atom. The first-order chi connectivity index (χ1) is 9.23. The van der Waals surface area contributed by atoms with Gasteiger partial charge in [0.2, 0.25) is 5.91 Å². The molecule has 0 atom stereocenters. The van der Waals surface area contributed by atoms with Crippen molar-refractivity contribution in [1.29, 1.82) is 0 Å². The first kappa shape index (κ1) is 16.2. The van der Waals surface area contributed by atoms with Crippen LogP contribution in [0, 0.1) is 5.41 Å². The maximum atomic E-state index is 11.9. The molecule has 0 spiro atoms. The first-order valence-corrected chi connectivity index (χ1v) is 6.73. The molecule has 1 heterocycles. The van der Waals surface area contributed by atoms with Gasteiger partial charge >= 0.3 is 5.97 Å². The summed E-state index contributed by atoms with van der Waals surface area (Å²) in [5.74, 6) is -1.02. The number of aromatic nitrogens is 2. The highest BCUT2D eigenvalue weighted by atomic mass is 16.4. The maximum Gasteiger partial charge on any atom is 0.303 e. The van der Waals surface area contributed by atoms with Gasteiger partial charge in [0.15, 0.2) is 0 Å². The van der Waals surface area contributed by atoms with Crippen molar-refractivity contribution in [1.82, 2.24) is 15.1 Å². The quantitative estimate of drug-likeness (QED) is 0.793. The van der Waals surface area contributed by atoms with Gasteiger partial charge in [-0.25, -0.2) is 0 Å². The summed E-state index contributed by atoms with van der Waals surface area (Å²) in [6.45, 7) is 6.01. The average molecular weight is 281 g/mol. The normalized spacial score (nSPS) is 11.4. The summed E-state index contributed by atoms with van der Waals surface area (Å²) in [5.41, 5.74) is 1.43. The summed E-state index contributed by atoms with van der Waals surface area (Å²) in [7, 11) is 1.85. The zero-order chi connectivity index (χ0) is 15.3. The molecular formula is C14H23N3O3. The molecule has 20 heavy (non-hydrogen) atoms. The van der Waals surface area contributed by atoms with Crippen LogP contribution in [0.15, 0.2) is 6.20 Å². The SMILES string of the molecule is CCc1nn(C)cc1CNC(=O)CC(C)(C)CC(=O)O. The fraction of sp³-hybridized carbons (Fsp3) is 0.643. The molecule has 0 unspecified atom stereocenters. The second-order valence-electron chi connectivity index (χ2n) is 5.82. The minimum Gasteiger partial charge on any atom is -0.481 e. The summed E-state index contributed by atoms with van der Waals surface area (Å²) in [6, 6.07) is 0. The van der Waals surface area contributed by atoms with Gasteiger partial charge in [0, 0.05) is 31.8 Å². The molecule has 0 radical (unpaired) electrons. The highest BCUT2D eigenvalue weighted by Crippen LogP contribution is 2.24. The summed E-state index contributed by atoms with van der Waals surface area (Å²) in [5, 5.41) is 15.9. The van der Waals surface area contributed by atoms with Crippen molar-refractivity contribution >= 4 is 11.9 Å². The van der Waals surface area contributed by atoms with Gasteiger partial charge < -0.3 is 10.4 Å². The topological polar surface area (TPSA) is 84.2 Å². The van der Waals surface area contributed by atoms with Gasteiger partial charge in [0.25, 0.3) is 0 Å². The highest BCUT2D eigenvalue weighted by Gasteiger charge is 2.25. The molecule has 0 aliphatic carbocycles. The molecule has 0 fully saturated rings. The number of aryl methyl sites for hydroxylation is 2. The number of carbonyl (C=O) groups is 2. The van der Waals surface area contributed by atoms with Crippen molar-refractivity contribution in [3.63, 3.8) is 0 Å². The third-order valence-electron chi connectivity index (χ3n) is 3.07. The minimum atomic E-state index is -0.886.